The Labute approximate surface area is 218 Å². The lowest BCUT2D eigenvalue weighted by Crippen LogP contribution is -2.49. The van der Waals surface area contributed by atoms with E-state index < -0.39 is 47.2 Å². The summed E-state index contributed by atoms with van der Waals surface area (Å²) >= 11 is 0. The van der Waals surface area contributed by atoms with E-state index in [0.717, 1.165) is 0 Å². The van der Waals surface area contributed by atoms with Crippen molar-refractivity contribution in [2.45, 2.75) is 31.8 Å². The monoisotopic (exact) mass is 529 g/mol. The number of nitrogens with one attached hydrogen (secondary N) is 2. The van der Waals surface area contributed by atoms with Crippen molar-refractivity contribution in [3.05, 3.63) is 77.1 Å². The van der Waals surface area contributed by atoms with Crippen LogP contribution in [-0.2, 0) is 4.79 Å². The largest absolute Gasteiger partial charge is 0.503 e. The molecule has 3 N–H and O–H groups in total. The van der Waals surface area contributed by atoms with Gasteiger partial charge in [-0.25, -0.2) is 13.8 Å². The van der Waals surface area contributed by atoms with E-state index in [9.17, 15) is 23.5 Å². The Morgan fingerprint density at radius 3 is 1.84 bits per heavy atom. The van der Waals surface area contributed by atoms with E-state index in [-0.39, 0.29) is 22.9 Å². The van der Waals surface area contributed by atoms with Gasteiger partial charge >= 0.3 is 0 Å². The maximum absolute atomic E-state index is 14.6. The van der Waals surface area contributed by atoms with Gasteiger partial charge in [0.15, 0.2) is 40.3 Å². The standard InChI is InChI=1S/C27H29F2N3O6/c1-14(31-26(34)15(2)32-27(35)24-25(33)22(38-5)10-11-30-24)23(16-6-8-20(36-3)18(28)12-16)17-7-9-21(37-4)19(29)13-17/h6-15,23,33H,1-5H3,(H,31,34)(H,32,35)/t14-,15-/m0/s1. The summed E-state index contributed by atoms with van der Waals surface area (Å²) < 4.78 is 44.1. The van der Waals surface area contributed by atoms with Gasteiger partial charge in [-0.3, -0.25) is 9.59 Å². The molecule has 0 bridgehead atoms. The van der Waals surface area contributed by atoms with E-state index in [0.29, 0.717) is 11.1 Å². The van der Waals surface area contributed by atoms with Gasteiger partial charge in [-0.05, 0) is 49.2 Å². The zero-order valence-corrected chi connectivity index (χ0v) is 21.5. The number of benzene rings is 2. The third kappa shape index (κ3) is 6.10. The molecule has 1 aromatic heterocycles. The van der Waals surface area contributed by atoms with Crippen LogP contribution in [0.4, 0.5) is 8.78 Å². The minimum atomic E-state index is -1.04. The maximum Gasteiger partial charge on any atom is 0.274 e. The third-order valence-corrected chi connectivity index (χ3v) is 6.00. The summed E-state index contributed by atoms with van der Waals surface area (Å²) in [5.74, 6) is -3.60. The SMILES string of the molecule is COc1ccc(C(c2ccc(OC)c(F)c2)[C@H](C)NC(=O)[C@H](C)NC(=O)c2nccc(OC)c2O)cc1F. The fraction of sp³-hybridized carbons (Fsp3) is 0.296. The minimum Gasteiger partial charge on any atom is -0.503 e. The van der Waals surface area contributed by atoms with E-state index in [1.54, 1.807) is 19.1 Å². The molecule has 9 nitrogen and oxygen atoms in total. The number of aromatic hydroxyl groups is 1. The average molecular weight is 530 g/mol. The zero-order chi connectivity index (χ0) is 28.0. The first-order valence-corrected chi connectivity index (χ1v) is 11.6. The van der Waals surface area contributed by atoms with Gasteiger partial charge in [0.05, 0.1) is 21.3 Å². The molecule has 0 saturated heterocycles. The molecule has 11 heteroatoms. The minimum absolute atomic E-state index is 0.0378. The number of rotatable bonds is 10. The van der Waals surface area contributed by atoms with E-state index in [2.05, 4.69) is 15.6 Å². The molecule has 0 unspecified atom stereocenters. The molecule has 0 spiro atoms. The van der Waals surface area contributed by atoms with Gasteiger partial charge < -0.3 is 30.0 Å². The Bertz CT molecular complexity index is 1270. The number of aromatic nitrogens is 1. The van der Waals surface area contributed by atoms with Crippen molar-refractivity contribution >= 4 is 11.8 Å². The number of methoxy groups -OCH3 is 3. The van der Waals surface area contributed by atoms with Gasteiger partial charge in [-0.1, -0.05) is 12.1 Å². The molecule has 0 aliphatic heterocycles. The number of ether oxygens (including phenoxy) is 3. The Morgan fingerprint density at radius 1 is 0.842 bits per heavy atom. The van der Waals surface area contributed by atoms with Gasteiger partial charge in [0, 0.05) is 24.2 Å². The van der Waals surface area contributed by atoms with Gasteiger partial charge in [-0.15, -0.1) is 0 Å². The molecule has 0 aliphatic rings. The molecule has 0 aliphatic carbocycles. The van der Waals surface area contributed by atoms with Crippen molar-refractivity contribution in [2.75, 3.05) is 21.3 Å². The molecule has 2 atom stereocenters. The number of nitrogens with zero attached hydrogens (tertiary/aromatic N) is 1. The predicted molar refractivity (Wildman–Crippen MR) is 135 cm³/mol. The number of hydrogen-bond donors (Lipinski definition) is 3. The first-order valence-electron chi connectivity index (χ1n) is 11.6. The maximum atomic E-state index is 14.6. The van der Waals surface area contributed by atoms with Crippen LogP contribution in [0.3, 0.4) is 0 Å². The van der Waals surface area contributed by atoms with Crippen LogP contribution < -0.4 is 24.8 Å². The molecule has 3 rings (SSSR count). The number of carbonyl (C=O) groups is 2. The summed E-state index contributed by atoms with van der Waals surface area (Å²) in [5, 5.41) is 15.4. The molecule has 2 amide bonds. The van der Waals surface area contributed by atoms with Crippen LogP contribution in [0.25, 0.3) is 0 Å². The second-order valence-corrected chi connectivity index (χ2v) is 8.47. The summed E-state index contributed by atoms with van der Waals surface area (Å²) in [6.45, 7) is 3.13. The average Bonchev–Trinajstić information content (AvgIpc) is 2.89. The van der Waals surface area contributed by atoms with Crippen molar-refractivity contribution in [2.24, 2.45) is 0 Å². The van der Waals surface area contributed by atoms with E-state index in [1.165, 1.54) is 64.8 Å². The van der Waals surface area contributed by atoms with E-state index in [4.69, 9.17) is 14.2 Å². The Morgan fingerprint density at radius 2 is 1.37 bits per heavy atom. The first kappa shape index (κ1) is 28.2. The van der Waals surface area contributed by atoms with Crippen molar-refractivity contribution in [3.8, 4) is 23.0 Å². The molecule has 0 fully saturated rings. The normalized spacial score (nSPS) is 12.4. The van der Waals surface area contributed by atoms with Crippen LogP contribution in [0.5, 0.6) is 23.0 Å². The van der Waals surface area contributed by atoms with Crippen LogP contribution in [0.2, 0.25) is 0 Å². The lowest BCUT2D eigenvalue weighted by molar-refractivity contribution is -0.123. The topological polar surface area (TPSA) is 119 Å². The van der Waals surface area contributed by atoms with Crippen molar-refractivity contribution in [1.82, 2.24) is 15.6 Å². The van der Waals surface area contributed by atoms with Crippen molar-refractivity contribution in [1.29, 1.82) is 0 Å². The first-order chi connectivity index (χ1) is 18.1. The highest BCUT2D eigenvalue weighted by molar-refractivity contribution is 5.98. The van der Waals surface area contributed by atoms with Gasteiger partial charge in [0.2, 0.25) is 5.91 Å². The van der Waals surface area contributed by atoms with E-state index in [1.807, 2.05) is 0 Å². The highest BCUT2D eigenvalue weighted by Crippen LogP contribution is 2.33. The van der Waals surface area contributed by atoms with Crippen LogP contribution in [0, 0.1) is 11.6 Å². The quantitative estimate of drug-likeness (QED) is 0.368. The molecule has 2 aromatic carbocycles. The summed E-state index contributed by atoms with van der Waals surface area (Å²) in [5.41, 5.74) is 0.614. The molecule has 38 heavy (non-hydrogen) atoms. The Balaban J connectivity index is 1.85. The van der Waals surface area contributed by atoms with E-state index >= 15 is 0 Å². The van der Waals surface area contributed by atoms with Crippen molar-refractivity contribution < 1.29 is 37.7 Å². The van der Waals surface area contributed by atoms with Crippen LogP contribution in [0.1, 0.15) is 41.4 Å². The van der Waals surface area contributed by atoms with Gasteiger partial charge in [0.1, 0.15) is 6.04 Å². The van der Waals surface area contributed by atoms with Crippen molar-refractivity contribution in [3.63, 3.8) is 0 Å². The van der Waals surface area contributed by atoms with Gasteiger partial charge in [0.25, 0.3) is 5.91 Å². The molecule has 202 valence electrons. The predicted octanol–water partition coefficient (Wildman–Crippen LogP) is 3.55. The molecule has 0 radical (unpaired) electrons. The second-order valence-electron chi connectivity index (χ2n) is 8.47. The van der Waals surface area contributed by atoms with Gasteiger partial charge in [-0.2, -0.15) is 0 Å². The fourth-order valence-electron chi connectivity index (χ4n) is 4.05. The van der Waals surface area contributed by atoms with Crippen LogP contribution >= 0.6 is 0 Å². The zero-order valence-electron chi connectivity index (χ0n) is 21.5. The number of carbonyl (C=O) groups excluding carboxylic acids is 2. The summed E-state index contributed by atoms with van der Waals surface area (Å²) in [6, 6.07) is 8.33. The highest BCUT2D eigenvalue weighted by atomic mass is 19.1. The number of amides is 2. The smallest absolute Gasteiger partial charge is 0.274 e. The second kappa shape index (κ2) is 12.2. The molecule has 0 saturated carbocycles. The Hall–Kier alpha value is -4.41. The number of hydrogen-bond acceptors (Lipinski definition) is 7. The lowest BCUT2D eigenvalue weighted by Gasteiger charge is -2.28. The molecule has 1 heterocycles. The summed E-state index contributed by atoms with van der Waals surface area (Å²) in [7, 11) is 4.01. The molecular weight excluding hydrogens is 500 g/mol. The molecular formula is C27H29F2N3O6. The number of pyridine rings is 1. The lowest BCUT2D eigenvalue weighted by atomic mass is 9.85. The molecule has 3 aromatic rings. The summed E-state index contributed by atoms with van der Waals surface area (Å²) in [4.78, 5) is 29.5. The number of halogens is 2. The summed E-state index contributed by atoms with van der Waals surface area (Å²) in [6.07, 6.45) is 1.28. The van der Waals surface area contributed by atoms with Crippen LogP contribution in [0.15, 0.2) is 48.7 Å². The van der Waals surface area contributed by atoms with Crippen LogP contribution in [-0.4, -0.2) is 55.3 Å². The Kier molecular flexibility index (Phi) is 9.06. The fourth-order valence-corrected chi connectivity index (χ4v) is 4.05. The third-order valence-electron chi connectivity index (χ3n) is 6.00. The highest BCUT2D eigenvalue weighted by Gasteiger charge is 2.28.